The van der Waals surface area contributed by atoms with E-state index in [1.807, 2.05) is 31.2 Å². The fourth-order valence-corrected chi connectivity index (χ4v) is 3.73. The number of hydrogen-bond acceptors (Lipinski definition) is 6. The van der Waals surface area contributed by atoms with Gasteiger partial charge < -0.3 is 29.6 Å². The Balaban J connectivity index is 1.65. The Morgan fingerprint density at radius 3 is 2.34 bits per heavy atom. The lowest BCUT2D eigenvalue weighted by molar-refractivity contribution is 0.201. The number of benzene rings is 1. The molecule has 8 nitrogen and oxygen atoms in total. The maximum atomic E-state index is 6.02. The quantitative estimate of drug-likeness (QED) is 0.429. The van der Waals surface area contributed by atoms with Crippen molar-refractivity contribution in [2.75, 3.05) is 27.9 Å². The van der Waals surface area contributed by atoms with Gasteiger partial charge in [0.2, 0.25) is 11.6 Å². The zero-order chi connectivity index (χ0) is 22.8. The van der Waals surface area contributed by atoms with Crippen molar-refractivity contribution in [1.82, 2.24) is 15.6 Å². The van der Waals surface area contributed by atoms with Crippen LogP contribution in [0.3, 0.4) is 0 Å². The van der Waals surface area contributed by atoms with E-state index in [-0.39, 0.29) is 0 Å². The molecule has 0 aliphatic heterocycles. The first-order valence-corrected chi connectivity index (χ1v) is 11.1. The van der Waals surface area contributed by atoms with Crippen molar-refractivity contribution in [1.29, 1.82) is 0 Å². The van der Waals surface area contributed by atoms with E-state index in [1.54, 1.807) is 27.5 Å². The van der Waals surface area contributed by atoms with Gasteiger partial charge in [0.25, 0.3) is 0 Å². The Hall–Kier alpha value is -3.16. The zero-order valence-corrected chi connectivity index (χ0v) is 19.4. The van der Waals surface area contributed by atoms with E-state index in [1.165, 1.54) is 12.8 Å². The van der Waals surface area contributed by atoms with Crippen LogP contribution >= 0.6 is 0 Å². The molecule has 0 amide bonds. The van der Waals surface area contributed by atoms with E-state index in [9.17, 15) is 0 Å². The molecule has 0 bridgehead atoms. The molecule has 3 rings (SSSR count). The number of aromatic nitrogens is 1. The molecule has 174 valence electrons. The second-order valence-corrected chi connectivity index (χ2v) is 7.61. The van der Waals surface area contributed by atoms with Crippen molar-refractivity contribution in [3.05, 3.63) is 41.6 Å². The lowest BCUT2D eigenvalue weighted by atomic mass is 10.2. The normalized spacial score (nSPS) is 14.2. The van der Waals surface area contributed by atoms with Crippen LogP contribution in [-0.2, 0) is 13.1 Å². The molecule has 0 atom stereocenters. The molecular formula is C24H34N4O4. The molecule has 1 aliphatic rings. The SMILES string of the molecule is CCNC(=NCc1cc(OC)c(OC)c(OC)c1)NCc1ccnc(OC2CCCC2)c1. The molecule has 1 aliphatic carbocycles. The third kappa shape index (κ3) is 6.42. The number of ether oxygens (including phenoxy) is 4. The van der Waals surface area contributed by atoms with Gasteiger partial charge in [0, 0.05) is 25.4 Å². The topological polar surface area (TPSA) is 86.2 Å². The maximum absolute atomic E-state index is 6.02. The first-order chi connectivity index (χ1) is 15.7. The van der Waals surface area contributed by atoms with Crippen LogP contribution in [0.4, 0.5) is 0 Å². The highest BCUT2D eigenvalue weighted by Gasteiger charge is 2.17. The number of nitrogens with zero attached hydrogens (tertiary/aromatic N) is 2. The van der Waals surface area contributed by atoms with Crippen LogP contribution in [0.15, 0.2) is 35.5 Å². The number of hydrogen-bond donors (Lipinski definition) is 2. The second kappa shape index (κ2) is 12.0. The summed E-state index contributed by atoms with van der Waals surface area (Å²) in [6.45, 7) is 3.87. The van der Waals surface area contributed by atoms with E-state index in [0.29, 0.717) is 42.3 Å². The van der Waals surface area contributed by atoms with Crippen molar-refractivity contribution >= 4 is 5.96 Å². The van der Waals surface area contributed by atoms with Crippen molar-refractivity contribution < 1.29 is 18.9 Å². The molecule has 1 aromatic carbocycles. The van der Waals surface area contributed by atoms with E-state index in [2.05, 4.69) is 15.6 Å². The molecule has 2 N–H and O–H groups in total. The van der Waals surface area contributed by atoms with Gasteiger partial charge in [-0.1, -0.05) is 0 Å². The molecule has 1 aromatic heterocycles. The summed E-state index contributed by atoms with van der Waals surface area (Å²) in [5, 5.41) is 6.66. The summed E-state index contributed by atoms with van der Waals surface area (Å²) < 4.78 is 22.3. The van der Waals surface area contributed by atoms with Crippen molar-refractivity contribution in [2.45, 2.75) is 51.8 Å². The highest BCUT2D eigenvalue weighted by molar-refractivity contribution is 5.79. The van der Waals surface area contributed by atoms with Crippen LogP contribution in [-0.4, -0.2) is 44.9 Å². The largest absolute Gasteiger partial charge is 0.493 e. The third-order valence-corrected chi connectivity index (χ3v) is 5.34. The van der Waals surface area contributed by atoms with E-state index in [0.717, 1.165) is 36.5 Å². The van der Waals surface area contributed by atoms with Crippen molar-refractivity contribution in [3.8, 4) is 23.1 Å². The number of rotatable bonds is 10. The summed E-state index contributed by atoms with van der Waals surface area (Å²) in [5.74, 6) is 3.20. The molecule has 8 heteroatoms. The Bertz CT molecular complexity index is 872. The monoisotopic (exact) mass is 442 g/mol. The molecule has 1 saturated carbocycles. The Morgan fingerprint density at radius 1 is 1.00 bits per heavy atom. The number of nitrogens with one attached hydrogen (secondary N) is 2. The molecule has 0 spiro atoms. The van der Waals surface area contributed by atoms with Gasteiger partial charge in [0.05, 0.1) is 27.9 Å². The van der Waals surface area contributed by atoms with Crippen LogP contribution in [0.25, 0.3) is 0 Å². The highest BCUT2D eigenvalue weighted by Crippen LogP contribution is 2.38. The Labute approximate surface area is 190 Å². The minimum atomic E-state index is 0.295. The minimum absolute atomic E-state index is 0.295. The van der Waals surface area contributed by atoms with E-state index < -0.39 is 0 Å². The number of methoxy groups -OCH3 is 3. The van der Waals surface area contributed by atoms with Gasteiger partial charge in [0.1, 0.15) is 6.10 Å². The van der Waals surface area contributed by atoms with Crippen molar-refractivity contribution in [3.63, 3.8) is 0 Å². The molecule has 0 unspecified atom stereocenters. The molecule has 0 radical (unpaired) electrons. The fraction of sp³-hybridized carbons (Fsp3) is 0.500. The van der Waals surface area contributed by atoms with Gasteiger partial charge in [-0.05, 0) is 61.9 Å². The van der Waals surface area contributed by atoms with Gasteiger partial charge in [-0.2, -0.15) is 0 Å². The summed E-state index contributed by atoms with van der Waals surface area (Å²) in [4.78, 5) is 9.07. The predicted octanol–water partition coefficient (Wildman–Crippen LogP) is 3.68. The smallest absolute Gasteiger partial charge is 0.213 e. The highest BCUT2D eigenvalue weighted by atomic mass is 16.5. The van der Waals surface area contributed by atoms with Crippen LogP contribution < -0.4 is 29.6 Å². The number of pyridine rings is 1. The van der Waals surface area contributed by atoms with Gasteiger partial charge in [-0.15, -0.1) is 0 Å². The second-order valence-electron chi connectivity index (χ2n) is 7.61. The first kappa shape index (κ1) is 23.5. The summed E-state index contributed by atoms with van der Waals surface area (Å²) >= 11 is 0. The van der Waals surface area contributed by atoms with Gasteiger partial charge >= 0.3 is 0 Å². The van der Waals surface area contributed by atoms with Gasteiger partial charge in [-0.25, -0.2) is 9.98 Å². The van der Waals surface area contributed by atoms with Gasteiger partial charge in [-0.3, -0.25) is 0 Å². The molecule has 1 fully saturated rings. The lowest BCUT2D eigenvalue weighted by Crippen LogP contribution is -2.36. The molecule has 0 saturated heterocycles. The van der Waals surface area contributed by atoms with Crippen LogP contribution in [0.2, 0.25) is 0 Å². The Morgan fingerprint density at radius 2 is 1.72 bits per heavy atom. The molecule has 32 heavy (non-hydrogen) atoms. The van der Waals surface area contributed by atoms with Crippen molar-refractivity contribution in [2.24, 2.45) is 4.99 Å². The summed E-state index contributed by atoms with van der Waals surface area (Å²) in [5.41, 5.74) is 2.04. The van der Waals surface area contributed by atoms with E-state index >= 15 is 0 Å². The molecular weight excluding hydrogens is 408 g/mol. The lowest BCUT2D eigenvalue weighted by Gasteiger charge is -2.15. The third-order valence-electron chi connectivity index (χ3n) is 5.34. The standard InChI is InChI=1S/C24H34N4O4/c1-5-25-24(28-16-18-12-20(29-2)23(31-4)21(13-18)30-3)27-15-17-10-11-26-22(14-17)32-19-8-6-7-9-19/h10-14,19H,5-9,15-16H2,1-4H3,(H2,25,27,28). The first-order valence-electron chi connectivity index (χ1n) is 11.1. The molecule has 1 heterocycles. The number of aliphatic imine (C=N–C) groups is 1. The maximum Gasteiger partial charge on any atom is 0.213 e. The van der Waals surface area contributed by atoms with E-state index in [4.69, 9.17) is 23.9 Å². The predicted molar refractivity (Wildman–Crippen MR) is 125 cm³/mol. The van der Waals surface area contributed by atoms with Crippen LogP contribution in [0.1, 0.15) is 43.7 Å². The average Bonchev–Trinajstić information content (AvgIpc) is 3.33. The minimum Gasteiger partial charge on any atom is -0.493 e. The zero-order valence-electron chi connectivity index (χ0n) is 19.4. The average molecular weight is 443 g/mol. The van der Waals surface area contributed by atoms with Crippen LogP contribution in [0.5, 0.6) is 23.1 Å². The Kier molecular flexibility index (Phi) is 8.83. The summed E-state index contributed by atoms with van der Waals surface area (Å²) in [6, 6.07) is 7.79. The van der Waals surface area contributed by atoms with Gasteiger partial charge in [0.15, 0.2) is 17.5 Å². The molecule has 2 aromatic rings. The number of guanidine groups is 1. The fourth-order valence-electron chi connectivity index (χ4n) is 3.73. The summed E-state index contributed by atoms with van der Waals surface area (Å²) in [7, 11) is 4.81. The summed E-state index contributed by atoms with van der Waals surface area (Å²) in [6.07, 6.45) is 6.79. The van der Waals surface area contributed by atoms with Crippen LogP contribution in [0, 0.1) is 0 Å².